The van der Waals surface area contributed by atoms with E-state index < -0.39 is 5.97 Å². The molecular formula is C21H25N3O3. The summed E-state index contributed by atoms with van der Waals surface area (Å²) in [5.74, 6) is -0.820. The summed E-state index contributed by atoms with van der Waals surface area (Å²) >= 11 is 0. The normalized spacial score (nSPS) is 15.1. The molecule has 0 radical (unpaired) electrons. The standard InChI is InChI=1S/C21H25N3O3/c1-2-23(15-20(25)26)19-8-10-24(11-9-19)21(27)18-12-17(13-22-14-18)16-6-4-3-5-7-16/h3-7,12-14,19H,2,8-11,15H2,1H3,(H,25,26). The minimum atomic E-state index is -0.806. The highest BCUT2D eigenvalue weighted by atomic mass is 16.4. The SMILES string of the molecule is CCN(CC(=O)O)C1CCN(C(=O)c2cncc(-c3ccccc3)c2)CC1. The van der Waals surface area contributed by atoms with E-state index in [1.165, 1.54) is 0 Å². The van der Waals surface area contributed by atoms with Crippen molar-refractivity contribution in [2.24, 2.45) is 0 Å². The average Bonchev–Trinajstić information content (AvgIpc) is 2.72. The molecule has 0 bridgehead atoms. The summed E-state index contributed by atoms with van der Waals surface area (Å²) in [4.78, 5) is 32.0. The first-order chi connectivity index (χ1) is 13.1. The summed E-state index contributed by atoms with van der Waals surface area (Å²) in [6.07, 6.45) is 4.96. The lowest BCUT2D eigenvalue weighted by atomic mass is 10.0. The lowest BCUT2D eigenvalue weighted by Gasteiger charge is -2.37. The van der Waals surface area contributed by atoms with Crippen molar-refractivity contribution in [1.29, 1.82) is 0 Å². The van der Waals surface area contributed by atoms with E-state index in [0.717, 1.165) is 24.0 Å². The van der Waals surface area contributed by atoms with Crippen molar-refractivity contribution in [3.8, 4) is 11.1 Å². The van der Waals surface area contributed by atoms with E-state index in [2.05, 4.69) is 4.98 Å². The van der Waals surface area contributed by atoms with Crippen LogP contribution in [0.4, 0.5) is 0 Å². The number of rotatable bonds is 6. The van der Waals surface area contributed by atoms with E-state index in [-0.39, 0.29) is 18.5 Å². The van der Waals surface area contributed by atoms with Gasteiger partial charge in [0, 0.05) is 37.1 Å². The molecule has 3 rings (SSSR count). The summed E-state index contributed by atoms with van der Waals surface area (Å²) < 4.78 is 0. The summed E-state index contributed by atoms with van der Waals surface area (Å²) in [5.41, 5.74) is 2.55. The van der Waals surface area contributed by atoms with E-state index in [9.17, 15) is 9.59 Å². The fourth-order valence-electron chi connectivity index (χ4n) is 3.63. The van der Waals surface area contributed by atoms with Crippen LogP contribution in [0.2, 0.25) is 0 Å². The molecule has 6 nitrogen and oxygen atoms in total. The van der Waals surface area contributed by atoms with Crippen molar-refractivity contribution in [1.82, 2.24) is 14.8 Å². The number of nitrogens with zero attached hydrogens (tertiary/aromatic N) is 3. The molecule has 1 aliphatic heterocycles. The number of pyridine rings is 1. The third-order valence-electron chi connectivity index (χ3n) is 5.10. The molecule has 0 unspecified atom stereocenters. The summed E-state index contributed by atoms with van der Waals surface area (Å²) in [6.45, 7) is 4.00. The number of carbonyl (C=O) groups is 2. The van der Waals surface area contributed by atoms with Gasteiger partial charge in [0.05, 0.1) is 12.1 Å². The summed E-state index contributed by atoms with van der Waals surface area (Å²) in [7, 11) is 0. The number of hydrogen-bond acceptors (Lipinski definition) is 4. The van der Waals surface area contributed by atoms with E-state index in [0.29, 0.717) is 25.2 Å². The number of amides is 1. The number of aliphatic carboxylic acids is 1. The van der Waals surface area contributed by atoms with Crippen molar-refractivity contribution >= 4 is 11.9 Å². The number of carbonyl (C=O) groups excluding carboxylic acids is 1. The molecule has 1 fully saturated rings. The van der Waals surface area contributed by atoms with Gasteiger partial charge in [0.2, 0.25) is 0 Å². The molecule has 1 aliphatic rings. The van der Waals surface area contributed by atoms with Gasteiger partial charge in [0.25, 0.3) is 5.91 Å². The molecule has 2 aromatic rings. The number of likely N-dealkylation sites (tertiary alicyclic amines) is 1. The van der Waals surface area contributed by atoms with Crippen molar-refractivity contribution in [3.05, 3.63) is 54.4 Å². The van der Waals surface area contributed by atoms with Crippen LogP contribution in [-0.4, -0.2) is 64.0 Å². The van der Waals surface area contributed by atoms with E-state index in [1.807, 2.05) is 53.1 Å². The molecule has 6 heteroatoms. The predicted octanol–water partition coefficient (Wildman–Crippen LogP) is 2.76. The third kappa shape index (κ3) is 4.71. The lowest BCUT2D eigenvalue weighted by Crippen LogP contribution is -2.48. The van der Waals surface area contributed by atoms with Gasteiger partial charge in [-0.25, -0.2) is 0 Å². The summed E-state index contributed by atoms with van der Waals surface area (Å²) in [6, 6.07) is 12.0. The first-order valence-electron chi connectivity index (χ1n) is 9.34. The molecule has 0 spiro atoms. The second-order valence-corrected chi connectivity index (χ2v) is 6.81. The third-order valence-corrected chi connectivity index (χ3v) is 5.10. The molecule has 0 saturated carbocycles. The second kappa shape index (κ2) is 8.77. The number of carboxylic acid groups (broad SMARTS) is 1. The highest BCUT2D eigenvalue weighted by Gasteiger charge is 2.27. The van der Waals surface area contributed by atoms with Crippen molar-refractivity contribution < 1.29 is 14.7 Å². The maximum absolute atomic E-state index is 12.9. The lowest BCUT2D eigenvalue weighted by molar-refractivity contribution is -0.139. The first-order valence-corrected chi connectivity index (χ1v) is 9.34. The Morgan fingerprint density at radius 1 is 1.15 bits per heavy atom. The van der Waals surface area contributed by atoms with Crippen LogP contribution in [0.1, 0.15) is 30.1 Å². The Morgan fingerprint density at radius 2 is 1.85 bits per heavy atom. The fourth-order valence-corrected chi connectivity index (χ4v) is 3.63. The van der Waals surface area contributed by atoms with Crippen LogP contribution in [0.3, 0.4) is 0 Å². The molecule has 1 aromatic carbocycles. The van der Waals surface area contributed by atoms with Crippen molar-refractivity contribution in [2.45, 2.75) is 25.8 Å². The van der Waals surface area contributed by atoms with Crippen LogP contribution in [0.5, 0.6) is 0 Å². The monoisotopic (exact) mass is 367 g/mol. The Morgan fingerprint density at radius 3 is 2.48 bits per heavy atom. The number of benzene rings is 1. The Labute approximate surface area is 159 Å². The number of carboxylic acids is 1. The van der Waals surface area contributed by atoms with Gasteiger partial charge >= 0.3 is 5.97 Å². The average molecular weight is 367 g/mol. The zero-order valence-electron chi connectivity index (χ0n) is 15.5. The molecule has 1 aromatic heterocycles. The highest BCUT2D eigenvalue weighted by Crippen LogP contribution is 2.22. The molecule has 142 valence electrons. The van der Waals surface area contributed by atoms with Gasteiger partial charge in [0.15, 0.2) is 0 Å². The van der Waals surface area contributed by atoms with Crippen molar-refractivity contribution in [3.63, 3.8) is 0 Å². The highest BCUT2D eigenvalue weighted by molar-refractivity contribution is 5.95. The maximum Gasteiger partial charge on any atom is 0.317 e. The van der Waals surface area contributed by atoms with E-state index >= 15 is 0 Å². The molecule has 1 amide bonds. The minimum absolute atomic E-state index is 0.0139. The number of hydrogen-bond donors (Lipinski definition) is 1. The fraction of sp³-hybridized carbons (Fsp3) is 0.381. The topological polar surface area (TPSA) is 73.7 Å². The minimum Gasteiger partial charge on any atom is -0.480 e. The van der Waals surface area contributed by atoms with E-state index in [4.69, 9.17) is 5.11 Å². The largest absolute Gasteiger partial charge is 0.480 e. The predicted molar refractivity (Wildman–Crippen MR) is 103 cm³/mol. The van der Waals surface area contributed by atoms with Gasteiger partial charge in [-0.3, -0.25) is 19.5 Å². The number of piperidine rings is 1. The maximum atomic E-state index is 12.9. The van der Waals surface area contributed by atoms with E-state index in [1.54, 1.807) is 12.4 Å². The molecule has 2 heterocycles. The Hall–Kier alpha value is -2.73. The second-order valence-electron chi connectivity index (χ2n) is 6.81. The van der Waals surface area contributed by atoms with Crippen molar-refractivity contribution in [2.75, 3.05) is 26.2 Å². The number of likely N-dealkylation sites (N-methyl/N-ethyl adjacent to an activating group) is 1. The number of aromatic nitrogens is 1. The molecule has 0 atom stereocenters. The zero-order chi connectivity index (χ0) is 19.2. The molecule has 0 aliphatic carbocycles. The van der Waals surface area contributed by atoms with Gasteiger partial charge < -0.3 is 10.0 Å². The Kier molecular flexibility index (Phi) is 6.19. The van der Waals surface area contributed by atoms with Gasteiger partial charge in [0.1, 0.15) is 0 Å². The Bertz CT molecular complexity index is 786. The summed E-state index contributed by atoms with van der Waals surface area (Å²) in [5, 5.41) is 9.04. The van der Waals surface area contributed by atoms with Crippen LogP contribution < -0.4 is 0 Å². The zero-order valence-corrected chi connectivity index (χ0v) is 15.5. The van der Waals surface area contributed by atoms with Crippen LogP contribution in [0.15, 0.2) is 48.8 Å². The molecule has 1 N–H and O–H groups in total. The molecule has 1 saturated heterocycles. The van der Waals surface area contributed by atoms with Crippen LogP contribution in [-0.2, 0) is 4.79 Å². The quantitative estimate of drug-likeness (QED) is 0.850. The van der Waals surface area contributed by atoms with Crippen LogP contribution >= 0.6 is 0 Å². The molecule has 27 heavy (non-hydrogen) atoms. The van der Waals surface area contributed by atoms with Crippen LogP contribution in [0, 0.1) is 0 Å². The van der Waals surface area contributed by atoms with Gasteiger partial charge in [-0.1, -0.05) is 37.3 Å². The smallest absolute Gasteiger partial charge is 0.317 e. The first kappa shape index (κ1) is 19.0. The van der Waals surface area contributed by atoms with Gasteiger partial charge in [-0.05, 0) is 31.0 Å². The molecular weight excluding hydrogens is 342 g/mol. The van der Waals surface area contributed by atoms with Gasteiger partial charge in [-0.15, -0.1) is 0 Å². The van der Waals surface area contributed by atoms with Crippen LogP contribution in [0.25, 0.3) is 11.1 Å². The van der Waals surface area contributed by atoms with Gasteiger partial charge in [-0.2, -0.15) is 0 Å². The Balaban J connectivity index is 1.65.